The number of anilines is 1. The summed E-state index contributed by atoms with van der Waals surface area (Å²) in [5.41, 5.74) is 0.448. The number of hydrogen-bond donors (Lipinski definition) is 1. The van der Waals surface area contributed by atoms with Crippen LogP contribution in [-0.4, -0.2) is 72.3 Å². The molecule has 1 aromatic heterocycles. The highest BCUT2D eigenvalue weighted by molar-refractivity contribution is 5.93. The molecular formula is C17H25N5O2. The van der Waals surface area contributed by atoms with E-state index in [0.717, 1.165) is 38.0 Å². The molecule has 7 heteroatoms. The van der Waals surface area contributed by atoms with Gasteiger partial charge in [-0.05, 0) is 18.8 Å². The zero-order chi connectivity index (χ0) is 16.5. The molecule has 24 heavy (non-hydrogen) atoms. The van der Waals surface area contributed by atoms with Crippen LogP contribution in [0.15, 0.2) is 12.4 Å². The highest BCUT2D eigenvalue weighted by atomic mass is 16.5. The number of carbonyl (C=O) groups excluding carboxylic acids is 1. The lowest BCUT2D eigenvalue weighted by Crippen LogP contribution is -2.41. The van der Waals surface area contributed by atoms with Crippen LogP contribution in [0, 0.1) is 5.92 Å². The Hall–Kier alpha value is -1.73. The van der Waals surface area contributed by atoms with Gasteiger partial charge < -0.3 is 15.0 Å². The van der Waals surface area contributed by atoms with Crippen molar-refractivity contribution in [2.75, 3.05) is 44.3 Å². The molecular weight excluding hydrogens is 306 g/mol. The van der Waals surface area contributed by atoms with Crippen molar-refractivity contribution >= 4 is 11.7 Å². The van der Waals surface area contributed by atoms with Gasteiger partial charge in [0.1, 0.15) is 17.8 Å². The number of aromatic nitrogens is 2. The van der Waals surface area contributed by atoms with Crippen molar-refractivity contribution < 1.29 is 9.53 Å². The summed E-state index contributed by atoms with van der Waals surface area (Å²) in [6, 6.07) is 2.75. The van der Waals surface area contributed by atoms with Gasteiger partial charge in [0.15, 0.2) is 0 Å². The summed E-state index contributed by atoms with van der Waals surface area (Å²) in [5.74, 6) is 1.19. The van der Waals surface area contributed by atoms with E-state index in [9.17, 15) is 4.79 Å². The Morgan fingerprint density at radius 1 is 1.25 bits per heavy atom. The molecule has 1 amide bonds. The molecule has 2 saturated heterocycles. The molecule has 130 valence electrons. The maximum Gasteiger partial charge on any atom is 0.270 e. The summed E-state index contributed by atoms with van der Waals surface area (Å²) >= 11 is 0. The molecule has 3 heterocycles. The van der Waals surface area contributed by atoms with Gasteiger partial charge in [-0.2, -0.15) is 0 Å². The molecule has 3 fully saturated rings. The van der Waals surface area contributed by atoms with E-state index in [4.69, 9.17) is 4.74 Å². The number of hydrogen-bond acceptors (Lipinski definition) is 6. The predicted molar refractivity (Wildman–Crippen MR) is 90.1 cm³/mol. The largest absolute Gasteiger partial charge is 0.378 e. The number of ether oxygens (including phenoxy) is 1. The van der Waals surface area contributed by atoms with Crippen molar-refractivity contribution in [3.63, 3.8) is 0 Å². The van der Waals surface area contributed by atoms with E-state index in [1.807, 2.05) is 0 Å². The minimum Gasteiger partial charge on any atom is -0.378 e. The van der Waals surface area contributed by atoms with E-state index >= 15 is 0 Å². The predicted octanol–water partition coefficient (Wildman–Crippen LogP) is 0.526. The number of nitrogens with zero attached hydrogens (tertiary/aromatic N) is 4. The second kappa shape index (κ2) is 6.64. The Morgan fingerprint density at radius 2 is 2.04 bits per heavy atom. The summed E-state index contributed by atoms with van der Waals surface area (Å²) in [4.78, 5) is 25.7. The van der Waals surface area contributed by atoms with Gasteiger partial charge in [-0.15, -0.1) is 0 Å². The molecule has 4 rings (SSSR count). The topological polar surface area (TPSA) is 70.6 Å². The molecule has 1 saturated carbocycles. The third kappa shape index (κ3) is 3.37. The maximum absolute atomic E-state index is 12.6. The molecule has 2 atom stereocenters. The molecule has 2 unspecified atom stereocenters. The van der Waals surface area contributed by atoms with Crippen molar-refractivity contribution in [2.24, 2.45) is 5.92 Å². The minimum atomic E-state index is -0.0959. The molecule has 0 spiro atoms. The van der Waals surface area contributed by atoms with Crippen molar-refractivity contribution in [3.05, 3.63) is 18.1 Å². The Labute approximate surface area is 142 Å². The first kappa shape index (κ1) is 15.8. The van der Waals surface area contributed by atoms with Crippen LogP contribution >= 0.6 is 0 Å². The first-order chi connectivity index (χ1) is 11.7. The summed E-state index contributed by atoms with van der Waals surface area (Å²) in [7, 11) is 0. The highest BCUT2D eigenvalue weighted by Gasteiger charge is 2.38. The van der Waals surface area contributed by atoms with E-state index in [0.29, 0.717) is 24.8 Å². The van der Waals surface area contributed by atoms with E-state index in [-0.39, 0.29) is 11.9 Å². The maximum atomic E-state index is 12.6. The highest BCUT2D eigenvalue weighted by Crippen LogP contribution is 2.31. The SMILES string of the molecule is CC1CN(C2CC2)CC1NC(=O)c1cc(N2CCOCC2)ncn1. The van der Waals surface area contributed by atoms with Gasteiger partial charge in [-0.1, -0.05) is 6.92 Å². The van der Waals surface area contributed by atoms with Gasteiger partial charge >= 0.3 is 0 Å². The van der Waals surface area contributed by atoms with Gasteiger partial charge in [-0.25, -0.2) is 9.97 Å². The first-order valence-electron chi connectivity index (χ1n) is 8.90. The van der Waals surface area contributed by atoms with Crippen LogP contribution in [-0.2, 0) is 4.74 Å². The van der Waals surface area contributed by atoms with E-state index in [1.54, 1.807) is 6.07 Å². The number of likely N-dealkylation sites (tertiary alicyclic amines) is 1. The van der Waals surface area contributed by atoms with Crippen LogP contribution in [0.25, 0.3) is 0 Å². The Kier molecular flexibility index (Phi) is 4.37. The molecule has 0 bridgehead atoms. The van der Waals surface area contributed by atoms with E-state index in [1.165, 1.54) is 19.2 Å². The van der Waals surface area contributed by atoms with Gasteiger partial charge in [0.25, 0.3) is 5.91 Å². The summed E-state index contributed by atoms with van der Waals surface area (Å²) in [5, 5.41) is 3.17. The van der Waals surface area contributed by atoms with Crippen LogP contribution < -0.4 is 10.2 Å². The van der Waals surface area contributed by atoms with Gasteiger partial charge in [-0.3, -0.25) is 9.69 Å². The number of morpholine rings is 1. The van der Waals surface area contributed by atoms with Crippen LogP contribution in [0.1, 0.15) is 30.3 Å². The smallest absolute Gasteiger partial charge is 0.270 e. The Balaban J connectivity index is 1.40. The molecule has 1 aromatic rings. The van der Waals surface area contributed by atoms with E-state index < -0.39 is 0 Å². The van der Waals surface area contributed by atoms with E-state index in [2.05, 4.69) is 32.0 Å². The van der Waals surface area contributed by atoms with Gasteiger partial charge in [0.05, 0.1) is 13.2 Å². The van der Waals surface area contributed by atoms with Crippen molar-refractivity contribution in [2.45, 2.75) is 31.8 Å². The molecule has 0 aromatic carbocycles. The van der Waals surface area contributed by atoms with Crippen molar-refractivity contribution in [1.29, 1.82) is 0 Å². The summed E-state index contributed by atoms with van der Waals surface area (Å²) < 4.78 is 5.36. The Morgan fingerprint density at radius 3 is 2.79 bits per heavy atom. The van der Waals surface area contributed by atoms with Crippen LogP contribution in [0.3, 0.4) is 0 Å². The minimum absolute atomic E-state index is 0.0959. The third-order valence-corrected chi connectivity index (χ3v) is 5.24. The molecule has 7 nitrogen and oxygen atoms in total. The molecule has 1 aliphatic carbocycles. The lowest BCUT2D eigenvalue weighted by atomic mass is 10.1. The quantitative estimate of drug-likeness (QED) is 0.868. The van der Waals surface area contributed by atoms with Crippen LogP contribution in [0.5, 0.6) is 0 Å². The summed E-state index contributed by atoms with van der Waals surface area (Å²) in [6.07, 6.45) is 4.10. The normalized spacial score (nSPS) is 28.1. The number of rotatable bonds is 4. The molecule has 1 N–H and O–H groups in total. The number of nitrogens with one attached hydrogen (secondary N) is 1. The first-order valence-corrected chi connectivity index (χ1v) is 8.90. The van der Waals surface area contributed by atoms with Gasteiger partial charge in [0, 0.05) is 44.3 Å². The lowest BCUT2D eigenvalue weighted by Gasteiger charge is -2.27. The van der Waals surface area contributed by atoms with Crippen molar-refractivity contribution in [1.82, 2.24) is 20.2 Å². The van der Waals surface area contributed by atoms with Crippen LogP contribution in [0.2, 0.25) is 0 Å². The van der Waals surface area contributed by atoms with Gasteiger partial charge in [0.2, 0.25) is 0 Å². The second-order valence-corrected chi connectivity index (χ2v) is 7.10. The fraction of sp³-hybridized carbons (Fsp3) is 0.706. The Bertz CT molecular complexity index is 600. The van der Waals surface area contributed by atoms with Crippen LogP contribution in [0.4, 0.5) is 5.82 Å². The molecule has 2 aliphatic heterocycles. The molecule has 0 radical (unpaired) electrons. The lowest BCUT2D eigenvalue weighted by molar-refractivity contribution is 0.0926. The number of amides is 1. The fourth-order valence-corrected chi connectivity index (χ4v) is 3.61. The molecule has 3 aliphatic rings. The third-order valence-electron chi connectivity index (χ3n) is 5.24. The second-order valence-electron chi connectivity index (χ2n) is 7.10. The average molecular weight is 331 g/mol. The fourth-order valence-electron chi connectivity index (χ4n) is 3.61. The summed E-state index contributed by atoms with van der Waals surface area (Å²) in [6.45, 7) is 7.25. The average Bonchev–Trinajstić information content (AvgIpc) is 3.41. The standard InChI is InChI=1S/C17H25N5O2/c1-12-9-22(13-2-3-13)10-15(12)20-17(23)14-8-16(19-11-18-14)21-4-6-24-7-5-21/h8,11-13,15H,2-7,9-10H2,1H3,(H,20,23). The number of carbonyl (C=O) groups is 1. The zero-order valence-electron chi connectivity index (χ0n) is 14.1. The zero-order valence-corrected chi connectivity index (χ0v) is 14.1. The van der Waals surface area contributed by atoms with Crippen molar-refractivity contribution in [3.8, 4) is 0 Å². The monoisotopic (exact) mass is 331 g/mol.